The first-order valence-electron chi connectivity index (χ1n) is 1.53. The fourth-order valence-electron chi connectivity index (χ4n) is 0.0430. The molecule has 7 heavy (non-hydrogen) atoms. The molecule has 0 rings (SSSR count). The molecule has 0 saturated heterocycles. The molecule has 0 saturated carbocycles. The molecule has 3 nitrogen and oxygen atoms in total. The van der Waals surface area contributed by atoms with E-state index in [0.29, 0.717) is 6.41 Å². The average Bonchev–Trinajstić information content (AvgIpc) is 1.65. The van der Waals surface area contributed by atoms with Gasteiger partial charge in [-0.05, 0) is 0 Å². The molecule has 4 heteroatoms. The molecule has 0 N–H and O–H groups in total. The number of rotatable bonds is 2. The molecular weight excluding hydrogens is 117 g/mol. The summed E-state index contributed by atoms with van der Waals surface area (Å²) < 4.78 is 0. The van der Waals surface area contributed by atoms with Crippen molar-refractivity contribution in [1.29, 1.82) is 0 Å². The maximum atomic E-state index is 9.54. The second-order valence-electron chi connectivity index (χ2n) is 0.834. The van der Waals surface area contributed by atoms with Gasteiger partial charge in [0, 0.05) is 7.05 Å². The monoisotopic (exact) mass is 125 g/mol. The van der Waals surface area contributed by atoms with Crippen LogP contribution in [0.4, 0.5) is 0 Å². The summed E-state index contributed by atoms with van der Waals surface area (Å²) in [6.07, 6.45) is 0.583. The van der Waals surface area contributed by atoms with Crippen LogP contribution in [0.3, 0.4) is 0 Å². The van der Waals surface area contributed by atoms with Crippen LogP contribution in [0.25, 0.3) is 0 Å². The summed E-state index contributed by atoms with van der Waals surface area (Å²) in [5, 5.41) is 1.07. The molecule has 0 heterocycles. The highest BCUT2D eigenvalue weighted by Crippen LogP contribution is 1.66. The molecule has 0 aliphatic rings. The number of carbonyl (C=O) groups is 1. The van der Waals surface area contributed by atoms with E-state index in [2.05, 4.69) is 4.84 Å². The molecule has 0 fully saturated rings. The minimum atomic E-state index is 0. The Balaban J connectivity index is 0. The molecule has 0 aromatic heterocycles. The molecule has 0 radical (unpaired) electrons. The predicted molar refractivity (Wildman–Crippen MR) is 28.1 cm³/mol. The minimum absolute atomic E-state index is 0. The van der Waals surface area contributed by atoms with Crippen LogP contribution in [-0.2, 0) is 9.63 Å². The van der Waals surface area contributed by atoms with Crippen molar-refractivity contribution in [2.75, 3.05) is 14.2 Å². The van der Waals surface area contributed by atoms with E-state index in [1.807, 2.05) is 0 Å². The Labute approximate surface area is 48.6 Å². The highest BCUT2D eigenvalue weighted by atomic mass is 35.5. The molecule has 0 atom stereocenters. The Morgan fingerprint density at radius 1 is 1.71 bits per heavy atom. The topological polar surface area (TPSA) is 29.5 Å². The number of hydrogen-bond donors (Lipinski definition) is 0. The van der Waals surface area contributed by atoms with Gasteiger partial charge < -0.3 is 0 Å². The first-order chi connectivity index (χ1) is 2.81. The summed E-state index contributed by atoms with van der Waals surface area (Å²) in [5.74, 6) is 0. The number of amides is 1. The van der Waals surface area contributed by atoms with Crippen LogP contribution < -0.4 is 0 Å². The van der Waals surface area contributed by atoms with Crippen molar-refractivity contribution in [2.45, 2.75) is 0 Å². The van der Waals surface area contributed by atoms with Crippen LogP contribution in [0.5, 0.6) is 0 Å². The molecular formula is C3H8ClNO2. The quantitative estimate of drug-likeness (QED) is 0.386. The second-order valence-corrected chi connectivity index (χ2v) is 0.834. The molecule has 1 amide bonds. The fourth-order valence-corrected chi connectivity index (χ4v) is 0.0430. The lowest BCUT2D eigenvalue weighted by Gasteiger charge is -2.02. The summed E-state index contributed by atoms with van der Waals surface area (Å²) >= 11 is 0. The van der Waals surface area contributed by atoms with E-state index in [4.69, 9.17) is 0 Å². The third kappa shape index (κ3) is 5.72. The van der Waals surface area contributed by atoms with E-state index in [0.717, 1.165) is 5.06 Å². The molecule has 0 spiro atoms. The molecule has 0 bridgehead atoms. The Bertz CT molecular complexity index is 50.2. The van der Waals surface area contributed by atoms with Gasteiger partial charge in [-0.25, -0.2) is 5.06 Å². The molecule has 0 unspecified atom stereocenters. The van der Waals surface area contributed by atoms with Crippen molar-refractivity contribution in [2.24, 2.45) is 0 Å². The van der Waals surface area contributed by atoms with Crippen LogP contribution in [-0.4, -0.2) is 25.6 Å². The molecule has 0 aromatic carbocycles. The van der Waals surface area contributed by atoms with Crippen molar-refractivity contribution >= 4 is 18.8 Å². The van der Waals surface area contributed by atoms with Gasteiger partial charge in [-0.15, -0.1) is 12.4 Å². The first-order valence-corrected chi connectivity index (χ1v) is 1.53. The van der Waals surface area contributed by atoms with Gasteiger partial charge >= 0.3 is 0 Å². The van der Waals surface area contributed by atoms with Crippen molar-refractivity contribution in [1.82, 2.24) is 5.06 Å². The van der Waals surface area contributed by atoms with E-state index < -0.39 is 0 Å². The zero-order valence-corrected chi connectivity index (χ0v) is 5.07. The average molecular weight is 126 g/mol. The zero-order chi connectivity index (χ0) is 4.99. The van der Waals surface area contributed by atoms with Gasteiger partial charge in [0.1, 0.15) is 0 Å². The van der Waals surface area contributed by atoms with E-state index in [1.54, 1.807) is 0 Å². The normalized spacial score (nSPS) is 6.57. The maximum absolute atomic E-state index is 9.54. The lowest BCUT2D eigenvalue weighted by atomic mass is 11.2. The van der Waals surface area contributed by atoms with Crippen molar-refractivity contribution in [3.63, 3.8) is 0 Å². The zero-order valence-electron chi connectivity index (χ0n) is 4.25. The molecule has 0 aliphatic carbocycles. The van der Waals surface area contributed by atoms with E-state index in [9.17, 15) is 4.79 Å². The number of hydroxylamine groups is 2. The predicted octanol–water partition coefficient (Wildman–Crippen LogP) is 0.0578. The van der Waals surface area contributed by atoms with Gasteiger partial charge in [0.15, 0.2) is 0 Å². The van der Waals surface area contributed by atoms with Crippen LogP contribution in [0.2, 0.25) is 0 Å². The van der Waals surface area contributed by atoms with Gasteiger partial charge in [0.2, 0.25) is 6.41 Å². The number of carbonyl (C=O) groups excluding carboxylic acids is 1. The highest BCUT2D eigenvalue weighted by molar-refractivity contribution is 5.85. The van der Waals surface area contributed by atoms with Crippen molar-refractivity contribution in [3.05, 3.63) is 0 Å². The lowest BCUT2D eigenvalue weighted by molar-refractivity contribution is -0.153. The van der Waals surface area contributed by atoms with Crippen LogP contribution in [0.15, 0.2) is 0 Å². The largest absolute Gasteiger partial charge is 0.276 e. The Kier molecular flexibility index (Phi) is 8.06. The second kappa shape index (κ2) is 5.72. The fraction of sp³-hybridized carbons (Fsp3) is 0.667. The summed E-state index contributed by atoms with van der Waals surface area (Å²) in [6.45, 7) is 0. The maximum Gasteiger partial charge on any atom is 0.233 e. The third-order valence-electron chi connectivity index (χ3n) is 0.436. The van der Waals surface area contributed by atoms with Gasteiger partial charge in [-0.3, -0.25) is 9.63 Å². The van der Waals surface area contributed by atoms with Gasteiger partial charge in [-0.1, -0.05) is 0 Å². The van der Waals surface area contributed by atoms with Crippen LogP contribution >= 0.6 is 12.4 Å². The lowest BCUT2D eigenvalue weighted by Crippen LogP contribution is -2.12. The standard InChI is InChI=1S/C3H7NO2.ClH/c1-4(3-5)6-2;/h3H,1-2H3;1H. The minimum Gasteiger partial charge on any atom is -0.276 e. The molecule has 0 aliphatic heterocycles. The molecule has 44 valence electrons. The number of hydrogen-bond acceptors (Lipinski definition) is 2. The van der Waals surface area contributed by atoms with E-state index in [-0.39, 0.29) is 12.4 Å². The number of nitrogens with zero attached hydrogens (tertiary/aromatic N) is 1. The smallest absolute Gasteiger partial charge is 0.233 e. The van der Waals surface area contributed by atoms with Gasteiger partial charge in [0.25, 0.3) is 0 Å². The van der Waals surface area contributed by atoms with Crippen LogP contribution in [0, 0.1) is 0 Å². The molecule has 0 aromatic rings. The Morgan fingerprint density at radius 2 is 2.14 bits per heavy atom. The Morgan fingerprint density at radius 3 is 2.14 bits per heavy atom. The third-order valence-corrected chi connectivity index (χ3v) is 0.436. The number of halogens is 1. The first kappa shape index (κ1) is 9.87. The SMILES string of the molecule is CON(C)C=O.Cl. The summed E-state index contributed by atoms with van der Waals surface area (Å²) in [6, 6.07) is 0. The van der Waals surface area contributed by atoms with Crippen molar-refractivity contribution < 1.29 is 9.63 Å². The van der Waals surface area contributed by atoms with E-state index in [1.165, 1.54) is 14.2 Å². The summed E-state index contributed by atoms with van der Waals surface area (Å²) in [4.78, 5) is 13.9. The van der Waals surface area contributed by atoms with E-state index >= 15 is 0 Å². The van der Waals surface area contributed by atoms with Gasteiger partial charge in [-0.2, -0.15) is 0 Å². The highest BCUT2D eigenvalue weighted by Gasteiger charge is 1.79. The van der Waals surface area contributed by atoms with Crippen LogP contribution in [0.1, 0.15) is 0 Å². The summed E-state index contributed by atoms with van der Waals surface area (Å²) in [7, 11) is 2.95. The Hall–Kier alpha value is -0.280. The van der Waals surface area contributed by atoms with Crippen molar-refractivity contribution in [3.8, 4) is 0 Å². The van der Waals surface area contributed by atoms with Gasteiger partial charge in [0.05, 0.1) is 7.11 Å². The summed E-state index contributed by atoms with van der Waals surface area (Å²) in [5.41, 5.74) is 0.